The van der Waals surface area contributed by atoms with E-state index in [2.05, 4.69) is 43.4 Å². The Morgan fingerprint density at radius 3 is 1.86 bits per heavy atom. The minimum atomic E-state index is -4.49. The molecule has 252 valence electrons. The number of hydrogen-bond acceptors (Lipinski definition) is 7. The monoisotopic (exact) mass is 629 g/mol. The quantitative estimate of drug-likeness (QED) is 0.0261. The largest absolute Gasteiger partial charge is 0.756 e. The van der Waals surface area contributed by atoms with Gasteiger partial charge < -0.3 is 27.9 Å². The minimum Gasteiger partial charge on any atom is -0.756 e. The number of esters is 1. The number of rotatable bonds is 30. The van der Waals surface area contributed by atoms with Gasteiger partial charge in [-0.05, 0) is 51.4 Å². The summed E-state index contributed by atoms with van der Waals surface area (Å²) in [6, 6.07) is 0. The van der Waals surface area contributed by atoms with Crippen molar-refractivity contribution in [3.05, 3.63) is 36.5 Å². The van der Waals surface area contributed by atoms with Crippen LogP contribution in [0.1, 0.15) is 117 Å². The molecule has 0 radical (unpaired) electrons. The predicted molar refractivity (Wildman–Crippen MR) is 176 cm³/mol. The van der Waals surface area contributed by atoms with E-state index >= 15 is 0 Å². The number of quaternary nitrogens is 1. The Labute approximate surface area is 264 Å². The van der Waals surface area contributed by atoms with Gasteiger partial charge in [-0.25, -0.2) is 0 Å². The maximum Gasteiger partial charge on any atom is 0.306 e. The number of carbonyl (C=O) groups is 1. The summed E-state index contributed by atoms with van der Waals surface area (Å²) in [5.74, 6) is -0.393. The molecule has 0 fully saturated rings. The summed E-state index contributed by atoms with van der Waals surface area (Å²) in [6.45, 7) is 4.96. The Balaban J connectivity index is 3.91. The van der Waals surface area contributed by atoms with Gasteiger partial charge in [0.25, 0.3) is 7.82 Å². The zero-order valence-electron chi connectivity index (χ0n) is 28.1. The molecule has 2 atom stereocenters. The highest BCUT2D eigenvalue weighted by molar-refractivity contribution is 7.45. The minimum absolute atomic E-state index is 0.0215. The second kappa shape index (κ2) is 28.2. The number of likely N-dealkylation sites (N-methyl/N-ethyl adjacent to an activating group) is 1. The third kappa shape index (κ3) is 31.9. The predicted octanol–water partition coefficient (Wildman–Crippen LogP) is 8.07. The zero-order chi connectivity index (χ0) is 32.1. The third-order valence-corrected chi connectivity index (χ3v) is 7.63. The Hall–Kier alpha value is -1.28. The van der Waals surface area contributed by atoms with Crippen LogP contribution in [-0.4, -0.2) is 70.7 Å². The van der Waals surface area contributed by atoms with E-state index in [4.69, 9.17) is 18.5 Å². The molecule has 2 unspecified atom stereocenters. The number of ether oxygens (including phenoxy) is 2. The summed E-state index contributed by atoms with van der Waals surface area (Å²) in [5, 5.41) is 0. The molecule has 8 nitrogen and oxygen atoms in total. The first-order chi connectivity index (χ1) is 20.6. The first-order valence-corrected chi connectivity index (χ1v) is 18.2. The van der Waals surface area contributed by atoms with Gasteiger partial charge in [-0.3, -0.25) is 9.36 Å². The number of phosphoric ester groups is 1. The molecule has 0 bridgehead atoms. The molecule has 0 aromatic carbocycles. The summed E-state index contributed by atoms with van der Waals surface area (Å²) in [6.07, 6.45) is 30.2. The van der Waals surface area contributed by atoms with Gasteiger partial charge >= 0.3 is 5.97 Å². The lowest BCUT2D eigenvalue weighted by Crippen LogP contribution is -2.37. The average molecular weight is 630 g/mol. The SMILES string of the molecule is CCCCC/C=C\C/C=C\C/C=C\CCCCCCCCCOCC(COP(=O)([O-])OCC[N+](C)(C)C)OC(=O)CCC. The average Bonchev–Trinajstić information content (AvgIpc) is 2.93. The van der Waals surface area contributed by atoms with Crippen molar-refractivity contribution in [3.63, 3.8) is 0 Å². The Kier molecular flexibility index (Phi) is 27.4. The Morgan fingerprint density at radius 2 is 1.28 bits per heavy atom. The highest BCUT2D eigenvalue weighted by Gasteiger charge is 2.20. The second-order valence-electron chi connectivity index (χ2n) is 12.2. The summed E-state index contributed by atoms with van der Waals surface area (Å²) in [4.78, 5) is 24.1. The van der Waals surface area contributed by atoms with Crippen LogP contribution in [0.25, 0.3) is 0 Å². The molecule has 0 aliphatic rings. The number of carbonyl (C=O) groups excluding carboxylic acids is 1. The Bertz CT molecular complexity index is 792. The molecule has 0 rings (SSSR count). The molecule has 0 spiro atoms. The van der Waals surface area contributed by atoms with Crippen molar-refractivity contribution in [2.45, 2.75) is 123 Å². The molecular formula is C34H64NO7P. The van der Waals surface area contributed by atoms with Crippen LogP contribution in [0.15, 0.2) is 36.5 Å². The zero-order valence-corrected chi connectivity index (χ0v) is 29.0. The van der Waals surface area contributed by atoms with Crippen LogP contribution in [-0.2, 0) is 27.9 Å². The molecular weight excluding hydrogens is 565 g/mol. The van der Waals surface area contributed by atoms with E-state index in [1.54, 1.807) is 0 Å². The van der Waals surface area contributed by atoms with Crippen molar-refractivity contribution >= 4 is 13.8 Å². The topological polar surface area (TPSA) is 94.1 Å². The molecule has 0 heterocycles. The van der Waals surface area contributed by atoms with E-state index in [1.165, 1.54) is 57.8 Å². The first kappa shape index (κ1) is 41.7. The standard InChI is InChI=1S/C34H64NO7P/c1-6-8-9-10-11-12-13-14-15-16-17-18-19-20-21-22-23-24-25-26-29-39-31-33(42-34(36)27-7-2)32-41-43(37,38)40-30-28-35(3,4)5/h11-12,14-15,17-18,33H,6-10,13,16,19-32H2,1-5H3/b12-11-,15-14-,18-17-. The van der Waals surface area contributed by atoms with Crippen LogP contribution in [0.5, 0.6) is 0 Å². The molecule has 9 heteroatoms. The molecule has 0 aliphatic carbocycles. The number of unbranched alkanes of at least 4 members (excludes halogenated alkanes) is 10. The van der Waals surface area contributed by atoms with Crippen molar-refractivity contribution in [1.82, 2.24) is 0 Å². The smallest absolute Gasteiger partial charge is 0.306 e. The van der Waals surface area contributed by atoms with Crippen molar-refractivity contribution in [2.75, 3.05) is 54.1 Å². The fraction of sp³-hybridized carbons (Fsp3) is 0.794. The summed E-state index contributed by atoms with van der Waals surface area (Å²) < 4.78 is 33.7. The lowest BCUT2D eigenvalue weighted by Gasteiger charge is -2.28. The molecule has 43 heavy (non-hydrogen) atoms. The van der Waals surface area contributed by atoms with Gasteiger partial charge in [-0.1, -0.05) is 95.2 Å². The van der Waals surface area contributed by atoms with Crippen LogP contribution in [0.2, 0.25) is 0 Å². The van der Waals surface area contributed by atoms with Gasteiger partial charge in [0.1, 0.15) is 19.3 Å². The molecule has 0 aliphatic heterocycles. The van der Waals surface area contributed by atoms with Crippen LogP contribution < -0.4 is 4.89 Å². The first-order valence-electron chi connectivity index (χ1n) is 16.7. The van der Waals surface area contributed by atoms with E-state index in [0.717, 1.165) is 32.1 Å². The maximum atomic E-state index is 12.1. The molecule has 0 saturated carbocycles. The summed E-state index contributed by atoms with van der Waals surface area (Å²) >= 11 is 0. The van der Waals surface area contributed by atoms with Gasteiger partial charge in [0.15, 0.2) is 0 Å². The second-order valence-corrected chi connectivity index (χ2v) is 13.6. The number of nitrogens with zero attached hydrogens (tertiary/aromatic N) is 1. The van der Waals surface area contributed by atoms with Gasteiger partial charge in [0.05, 0.1) is 34.4 Å². The van der Waals surface area contributed by atoms with E-state index < -0.39 is 19.9 Å². The number of phosphoric acid groups is 1. The van der Waals surface area contributed by atoms with Crippen LogP contribution in [0.3, 0.4) is 0 Å². The van der Waals surface area contributed by atoms with Crippen LogP contribution in [0, 0.1) is 0 Å². The fourth-order valence-corrected chi connectivity index (χ4v) is 4.79. The molecule has 0 aromatic rings. The van der Waals surface area contributed by atoms with Gasteiger partial charge in [-0.2, -0.15) is 0 Å². The van der Waals surface area contributed by atoms with Crippen molar-refractivity contribution < 1.29 is 37.3 Å². The van der Waals surface area contributed by atoms with Gasteiger partial charge in [-0.15, -0.1) is 0 Å². The Morgan fingerprint density at radius 1 is 0.721 bits per heavy atom. The van der Waals surface area contributed by atoms with Crippen molar-refractivity contribution in [3.8, 4) is 0 Å². The summed E-state index contributed by atoms with van der Waals surface area (Å²) in [5.41, 5.74) is 0. The molecule has 0 aromatic heterocycles. The van der Waals surface area contributed by atoms with Gasteiger partial charge in [0.2, 0.25) is 0 Å². The molecule has 0 saturated heterocycles. The number of hydrogen-bond donors (Lipinski definition) is 0. The molecule has 0 N–H and O–H groups in total. The third-order valence-electron chi connectivity index (χ3n) is 6.66. The summed E-state index contributed by atoms with van der Waals surface area (Å²) in [7, 11) is 1.34. The maximum absolute atomic E-state index is 12.1. The van der Waals surface area contributed by atoms with E-state index in [9.17, 15) is 14.3 Å². The fourth-order valence-electron chi connectivity index (χ4n) is 4.06. The highest BCUT2D eigenvalue weighted by atomic mass is 31.2. The number of allylic oxidation sites excluding steroid dienone is 6. The molecule has 0 amide bonds. The van der Waals surface area contributed by atoms with Crippen molar-refractivity contribution in [2.24, 2.45) is 0 Å². The van der Waals surface area contributed by atoms with Gasteiger partial charge in [0, 0.05) is 13.0 Å². The normalized spacial score (nSPS) is 14.7. The lowest BCUT2D eigenvalue weighted by atomic mass is 10.1. The van der Waals surface area contributed by atoms with E-state index in [-0.39, 0.29) is 26.2 Å². The van der Waals surface area contributed by atoms with Crippen LogP contribution in [0.4, 0.5) is 0 Å². The van der Waals surface area contributed by atoms with Crippen molar-refractivity contribution in [1.29, 1.82) is 0 Å². The van der Waals surface area contributed by atoms with E-state index in [0.29, 0.717) is 24.1 Å². The van der Waals surface area contributed by atoms with Crippen LogP contribution >= 0.6 is 7.82 Å². The lowest BCUT2D eigenvalue weighted by molar-refractivity contribution is -0.870. The van der Waals surface area contributed by atoms with E-state index in [1.807, 2.05) is 28.1 Å². The highest BCUT2D eigenvalue weighted by Crippen LogP contribution is 2.38.